The molecule has 0 radical (unpaired) electrons. The molecule has 1 aromatic carbocycles. The molecule has 0 saturated carbocycles. The summed E-state index contributed by atoms with van der Waals surface area (Å²) in [5.74, 6) is -1.66. The van der Waals surface area contributed by atoms with Gasteiger partial charge in [-0.05, 0) is 5.56 Å². The van der Waals surface area contributed by atoms with E-state index in [9.17, 15) is 9.59 Å². The molecule has 1 aliphatic heterocycles. The first-order chi connectivity index (χ1) is 7.61. The molecule has 0 aliphatic carbocycles. The summed E-state index contributed by atoms with van der Waals surface area (Å²) < 4.78 is 0. The topological polar surface area (TPSA) is 57.6 Å². The molecule has 2 atom stereocenters. The average Bonchev–Trinajstić information content (AvgIpc) is 2.57. The van der Waals surface area contributed by atoms with E-state index in [0.717, 1.165) is 5.56 Å². The van der Waals surface area contributed by atoms with Crippen LogP contribution in [0.15, 0.2) is 30.3 Å². The number of carboxylic acid groups (broad SMARTS) is 1. The second kappa shape index (κ2) is 3.96. The lowest BCUT2D eigenvalue weighted by Gasteiger charge is -2.23. The molecule has 0 spiro atoms. The lowest BCUT2D eigenvalue weighted by atomic mass is 9.94. The Bertz CT molecular complexity index is 416. The van der Waals surface area contributed by atoms with Gasteiger partial charge in [-0.2, -0.15) is 0 Å². The van der Waals surface area contributed by atoms with Crippen molar-refractivity contribution in [2.75, 3.05) is 7.05 Å². The van der Waals surface area contributed by atoms with Crippen LogP contribution in [0.5, 0.6) is 0 Å². The van der Waals surface area contributed by atoms with Crippen LogP contribution in [-0.4, -0.2) is 28.9 Å². The number of aliphatic carboxylic acids is 1. The fourth-order valence-electron chi connectivity index (χ4n) is 2.20. The third-order valence-corrected chi connectivity index (χ3v) is 3.04. The summed E-state index contributed by atoms with van der Waals surface area (Å²) in [6.45, 7) is 0. The van der Waals surface area contributed by atoms with Gasteiger partial charge in [-0.3, -0.25) is 9.59 Å². The van der Waals surface area contributed by atoms with Gasteiger partial charge in [0.2, 0.25) is 5.91 Å². The number of likely N-dealkylation sites (tertiary alicyclic amines) is 1. The lowest BCUT2D eigenvalue weighted by molar-refractivity contribution is -0.142. The van der Waals surface area contributed by atoms with E-state index < -0.39 is 11.9 Å². The fraction of sp³-hybridized carbons (Fsp3) is 0.333. The highest BCUT2D eigenvalue weighted by Gasteiger charge is 2.42. The number of carbonyl (C=O) groups is 2. The summed E-state index contributed by atoms with van der Waals surface area (Å²) in [7, 11) is 1.66. The van der Waals surface area contributed by atoms with E-state index in [1.54, 1.807) is 7.05 Å². The highest BCUT2D eigenvalue weighted by atomic mass is 16.4. The van der Waals surface area contributed by atoms with E-state index in [2.05, 4.69) is 0 Å². The Kier molecular flexibility index (Phi) is 2.64. The molecule has 0 bridgehead atoms. The minimum absolute atomic E-state index is 0.0887. The van der Waals surface area contributed by atoms with Crippen molar-refractivity contribution in [1.29, 1.82) is 0 Å². The Morgan fingerprint density at radius 3 is 2.56 bits per heavy atom. The average molecular weight is 219 g/mol. The van der Waals surface area contributed by atoms with E-state index in [0.29, 0.717) is 0 Å². The largest absolute Gasteiger partial charge is 0.481 e. The van der Waals surface area contributed by atoms with E-state index in [1.807, 2.05) is 30.3 Å². The third-order valence-electron chi connectivity index (χ3n) is 3.04. The van der Waals surface area contributed by atoms with Crippen molar-refractivity contribution in [2.24, 2.45) is 5.92 Å². The maximum atomic E-state index is 11.5. The lowest BCUT2D eigenvalue weighted by Crippen LogP contribution is -2.26. The van der Waals surface area contributed by atoms with Gasteiger partial charge in [0.05, 0.1) is 12.0 Å². The monoisotopic (exact) mass is 219 g/mol. The number of amides is 1. The molecule has 0 aromatic heterocycles. The molecular weight excluding hydrogens is 206 g/mol. The summed E-state index contributed by atoms with van der Waals surface area (Å²) in [5, 5.41) is 9.10. The SMILES string of the molecule is CN1C(=O)CC(C(=O)O)C1c1ccccc1. The van der Waals surface area contributed by atoms with Crippen LogP contribution in [-0.2, 0) is 9.59 Å². The number of rotatable bonds is 2. The standard InChI is InChI=1S/C12H13NO3/c1-13-10(14)7-9(12(15)16)11(13)8-5-3-2-4-6-8/h2-6,9,11H,7H2,1H3,(H,15,16). The van der Waals surface area contributed by atoms with Gasteiger partial charge < -0.3 is 10.0 Å². The van der Waals surface area contributed by atoms with Crippen LogP contribution in [0.3, 0.4) is 0 Å². The zero-order chi connectivity index (χ0) is 11.7. The Labute approximate surface area is 93.5 Å². The summed E-state index contributed by atoms with van der Waals surface area (Å²) in [6, 6.07) is 8.95. The summed E-state index contributed by atoms with van der Waals surface area (Å²) in [4.78, 5) is 24.2. The maximum Gasteiger partial charge on any atom is 0.309 e. The van der Waals surface area contributed by atoms with Crippen LogP contribution in [0.1, 0.15) is 18.0 Å². The van der Waals surface area contributed by atoms with E-state index in [1.165, 1.54) is 4.90 Å². The van der Waals surface area contributed by atoms with Crippen LogP contribution >= 0.6 is 0 Å². The van der Waals surface area contributed by atoms with Crippen LogP contribution in [0.2, 0.25) is 0 Å². The van der Waals surface area contributed by atoms with Gasteiger partial charge in [-0.1, -0.05) is 30.3 Å². The van der Waals surface area contributed by atoms with Crippen molar-refractivity contribution in [2.45, 2.75) is 12.5 Å². The Balaban J connectivity index is 2.37. The highest BCUT2D eigenvalue weighted by molar-refractivity contribution is 5.87. The Morgan fingerprint density at radius 1 is 1.38 bits per heavy atom. The van der Waals surface area contributed by atoms with Gasteiger partial charge in [-0.25, -0.2) is 0 Å². The second-order valence-electron chi connectivity index (χ2n) is 4.01. The minimum Gasteiger partial charge on any atom is -0.481 e. The van der Waals surface area contributed by atoms with Gasteiger partial charge in [-0.15, -0.1) is 0 Å². The molecule has 4 nitrogen and oxygen atoms in total. The first-order valence-electron chi connectivity index (χ1n) is 5.14. The van der Waals surface area contributed by atoms with Crippen molar-refractivity contribution in [3.8, 4) is 0 Å². The minimum atomic E-state index is -0.911. The molecule has 1 saturated heterocycles. The first kappa shape index (κ1) is 10.7. The second-order valence-corrected chi connectivity index (χ2v) is 4.01. The third kappa shape index (κ3) is 1.66. The zero-order valence-electron chi connectivity index (χ0n) is 8.96. The number of nitrogens with zero attached hydrogens (tertiary/aromatic N) is 1. The molecule has 1 heterocycles. The number of carboxylic acids is 1. The van der Waals surface area contributed by atoms with Crippen LogP contribution in [0.4, 0.5) is 0 Å². The molecule has 84 valence electrons. The molecule has 1 amide bonds. The normalized spacial score (nSPS) is 24.8. The molecule has 2 rings (SSSR count). The molecule has 2 unspecified atom stereocenters. The molecular formula is C12H13NO3. The summed E-state index contributed by atoms with van der Waals surface area (Å²) in [6.07, 6.45) is 0.0887. The van der Waals surface area contributed by atoms with Gasteiger partial charge >= 0.3 is 5.97 Å². The van der Waals surface area contributed by atoms with Gasteiger partial charge in [0.1, 0.15) is 0 Å². The van der Waals surface area contributed by atoms with Gasteiger partial charge in [0, 0.05) is 13.5 Å². The predicted octanol–water partition coefficient (Wildman–Crippen LogP) is 1.29. The fourth-order valence-corrected chi connectivity index (χ4v) is 2.20. The maximum absolute atomic E-state index is 11.5. The zero-order valence-corrected chi connectivity index (χ0v) is 8.96. The van der Waals surface area contributed by atoms with Crippen molar-refractivity contribution in [3.63, 3.8) is 0 Å². The van der Waals surface area contributed by atoms with Crippen molar-refractivity contribution in [3.05, 3.63) is 35.9 Å². The van der Waals surface area contributed by atoms with Crippen molar-refractivity contribution >= 4 is 11.9 Å². The van der Waals surface area contributed by atoms with E-state index in [-0.39, 0.29) is 18.4 Å². The highest BCUT2D eigenvalue weighted by Crippen LogP contribution is 2.36. The van der Waals surface area contributed by atoms with Crippen LogP contribution in [0.25, 0.3) is 0 Å². The molecule has 1 N–H and O–H groups in total. The van der Waals surface area contributed by atoms with Gasteiger partial charge in [0.25, 0.3) is 0 Å². The van der Waals surface area contributed by atoms with Crippen molar-refractivity contribution in [1.82, 2.24) is 4.90 Å². The number of hydrogen-bond donors (Lipinski definition) is 1. The molecule has 16 heavy (non-hydrogen) atoms. The molecule has 1 aromatic rings. The quantitative estimate of drug-likeness (QED) is 0.815. The van der Waals surface area contributed by atoms with Crippen LogP contribution < -0.4 is 0 Å². The summed E-state index contributed by atoms with van der Waals surface area (Å²) >= 11 is 0. The number of carbonyl (C=O) groups excluding carboxylic acids is 1. The number of hydrogen-bond acceptors (Lipinski definition) is 2. The summed E-state index contributed by atoms with van der Waals surface area (Å²) in [5.41, 5.74) is 0.878. The van der Waals surface area contributed by atoms with Crippen LogP contribution in [0, 0.1) is 5.92 Å². The first-order valence-corrected chi connectivity index (χ1v) is 5.14. The Morgan fingerprint density at radius 2 is 2.00 bits per heavy atom. The molecule has 1 fully saturated rings. The van der Waals surface area contributed by atoms with E-state index in [4.69, 9.17) is 5.11 Å². The predicted molar refractivity (Wildman–Crippen MR) is 57.7 cm³/mol. The Hall–Kier alpha value is -1.84. The molecule has 4 heteroatoms. The van der Waals surface area contributed by atoms with Crippen molar-refractivity contribution < 1.29 is 14.7 Å². The van der Waals surface area contributed by atoms with E-state index >= 15 is 0 Å². The number of benzene rings is 1. The molecule has 1 aliphatic rings. The smallest absolute Gasteiger partial charge is 0.309 e. The van der Waals surface area contributed by atoms with Gasteiger partial charge in [0.15, 0.2) is 0 Å².